The van der Waals surface area contributed by atoms with Gasteiger partial charge in [0.1, 0.15) is 11.4 Å². The molecule has 0 aliphatic rings. The van der Waals surface area contributed by atoms with Gasteiger partial charge < -0.3 is 5.11 Å². The van der Waals surface area contributed by atoms with Crippen LogP contribution in [0.25, 0.3) is 0 Å². The number of hydrogen-bond donors (Lipinski definition) is 1. The molecule has 14 heavy (non-hydrogen) atoms. The number of halogens is 4. The molecule has 7 heteroatoms. The minimum absolute atomic E-state index is 0.0205. The Morgan fingerprint density at radius 3 is 2.64 bits per heavy atom. The average molecular weight is 333 g/mol. The van der Waals surface area contributed by atoms with Gasteiger partial charge in [-0.1, -0.05) is 0 Å². The van der Waals surface area contributed by atoms with Gasteiger partial charge in [0.25, 0.3) is 11.7 Å². The number of alkyl halides is 2. The molecule has 0 bridgehead atoms. The molecule has 0 aromatic carbocycles. The van der Waals surface area contributed by atoms with Crippen molar-refractivity contribution < 1.29 is 18.7 Å². The van der Waals surface area contributed by atoms with Crippen molar-refractivity contribution in [3.8, 4) is 5.75 Å². The fraction of sp³-hybridized carbons (Fsp3) is 0.143. The fourth-order valence-electron chi connectivity index (χ4n) is 0.845. The highest BCUT2D eigenvalue weighted by Gasteiger charge is 2.23. The standard InChI is InChI=1S/C7H3ClF2INO2/c8-6(14)3-4(11)2(13)1-12-5(3)7(9)10/h1,7,13H. The second kappa shape index (κ2) is 4.35. The highest BCUT2D eigenvalue weighted by Crippen LogP contribution is 2.30. The number of rotatable bonds is 2. The van der Waals surface area contributed by atoms with Crippen LogP contribution in [-0.2, 0) is 0 Å². The Balaban J connectivity index is 3.45. The highest BCUT2D eigenvalue weighted by atomic mass is 127. The van der Waals surface area contributed by atoms with Gasteiger partial charge in [0.15, 0.2) is 0 Å². The van der Waals surface area contributed by atoms with E-state index in [0.717, 1.165) is 6.20 Å². The predicted molar refractivity (Wildman–Crippen MR) is 53.8 cm³/mol. The zero-order chi connectivity index (χ0) is 10.9. The van der Waals surface area contributed by atoms with Crippen LogP contribution in [0.15, 0.2) is 6.20 Å². The summed E-state index contributed by atoms with van der Waals surface area (Å²) in [5.41, 5.74) is -1.16. The summed E-state index contributed by atoms with van der Waals surface area (Å²) in [5, 5.41) is 8.07. The Morgan fingerprint density at radius 1 is 1.64 bits per heavy atom. The molecule has 0 fully saturated rings. The van der Waals surface area contributed by atoms with Crippen molar-refractivity contribution in [3.05, 3.63) is 21.0 Å². The Bertz CT molecular complexity index is 386. The average Bonchev–Trinajstić information content (AvgIpc) is 2.08. The van der Waals surface area contributed by atoms with Gasteiger partial charge in [0, 0.05) is 0 Å². The maximum absolute atomic E-state index is 12.3. The molecule has 0 aliphatic carbocycles. The van der Waals surface area contributed by atoms with Crippen LogP contribution in [0.4, 0.5) is 8.78 Å². The third-order valence-corrected chi connectivity index (χ3v) is 2.71. The van der Waals surface area contributed by atoms with Crippen molar-refractivity contribution in [2.75, 3.05) is 0 Å². The number of hydrogen-bond acceptors (Lipinski definition) is 3. The minimum Gasteiger partial charge on any atom is -0.505 e. The van der Waals surface area contributed by atoms with Crippen LogP contribution in [0.5, 0.6) is 5.75 Å². The van der Waals surface area contributed by atoms with E-state index in [9.17, 15) is 13.6 Å². The molecule has 0 spiro atoms. The maximum atomic E-state index is 12.3. The summed E-state index contributed by atoms with van der Waals surface area (Å²) in [6.45, 7) is 0. The van der Waals surface area contributed by atoms with Crippen LogP contribution in [0.3, 0.4) is 0 Å². The Hall–Kier alpha value is -0.500. The minimum atomic E-state index is -2.90. The van der Waals surface area contributed by atoms with Crippen LogP contribution >= 0.6 is 34.2 Å². The number of pyridine rings is 1. The van der Waals surface area contributed by atoms with Gasteiger partial charge in [-0.15, -0.1) is 0 Å². The maximum Gasteiger partial charge on any atom is 0.281 e. The number of carbonyl (C=O) groups excluding carboxylic acids is 1. The molecule has 0 saturated carbocycles. The largest absolute Gasteiger partial charge is 0.505 e. The molecule has 1 N–H and O–H groups in total. The summed E-state index contributed by atoms with van der Waals surface area (Å²) < 4.78 is 24.7. The van der Waals surface area contributed by atoms with Gasteiger partial charge >= 0.3 is 0 Å². The van der Waals surface area contributed by atoms with Crippen molar-refractivity contribution >= 4 is 39.4 Å². The topological polar surface area (TPSA) is 50.2 Å². The van der Waals surface area contributed by atoms with E-state index in [1.807, 2.05) is 0 Å². The van der Waals surface area contributed by atoms with Crippen molar-refractivity contribution in [1.82, 2.24) is 4.98 Å². The molecular weight excluding hydrogens is 330 g/mol. The first-order valence-corrected chi connectivity index (χ1v) is 4.76. The van der Waals surface area contributed by atoms with E-state index in [-0.39, 0.29) is 9.32 Å². The molecule has 1 rings (SSSR count). The second-order valence-electron chi connectivity index (χ2n) is 2.29. The van der Waals surface area contributed by atoms with Gasteiger partial charge in [0.05, 0.1) is 15.3 Å². The molecule has 0 unspecified atom stereocenters. The Morgan fingerprint density at radius 2 is 2.21 bits per heavy atom. The number of carbonyl (C=O) groups is 1. The number of aromatic hydroxyl groups is 1. The number of nitrogens with zero attached hydrogens (tertiary/aromatic N) is 1. The normalized spacial score (nSPS) is 10.6. The quantitative estimate of drug-likeness (QED) is 0.669. The summed E-state index contributed by atoms with van der Waals surface area (Å²) in [5.74, 6) is -0.348. The lowest BCUT2D eigenvalue weighted by molar-refractivity contribution is 0.106. The van der Waals surface area contributed by atoms with E-state index in [1.165, 1.54) is 0 Å². The lowest BCUT2D eigenvalue weighted by Crippen LogP contribution is -2.04. The summed E-state index contributed by atoms with van der Waals surface area (Å²) in [6, 6.07) is 0. The van der Waals surface area contributed by atoms with Gasteiger partial charge in [0.2, 0.25) is 0 Å². The predicted octanol–water partition coefficient (Wildman–Crippen LogP) is 2.71. The van der Waals surface area contributed by atoms with Crippen LogP contribution in [0, 0.1) is 3.57 Å². The third kappa shape index (κ3) is 2.11. The zero-order valence-corrected chi connectivity index (χ0v) is 9.38. The monoisotopic (exact) mass is 333 g/mol. The van der Waals surface area contributed by atoms with Crippen LogP contribution in [0.2, 0.25) is 0 Å². The SMILES string of the molecule is O=C(Cl)c1c(C(F)F)ncc(O)c1I. The van der Waals surface area contributed by atoms with E-state index < -0.39 is 22.9 Å². The van der Waals surface area contributed by atoms with Gasteiger partial charge in [-0.25, -0.2) is 8.78 Å². The molecule has 1 aromatic heterocycles. The molecule has 3 nitrogen and oxygen atoms in total. The number of aromatic nitrogens is 1. The summed E-state index contributed by atoms with van der Waals surface area (Å²) in [6.07, 6.45) is -2.05. The van der Waals surface area contributed by atoms with Crippen LogP contribution < -0.4 is 0 Å². The molecular formula is C7H3ClF2INO2. The first-order chi connectivity index (χ1) is 6.45. The molecule has 0 amide bonds. The summed E-state index contributed by atoms with van der Waals surface area (Å²) in [7, 11) is 0. The van der Waals surface area contributed by atoms with E-state index in [0.29, 0.717) is 0 Å². The molecule has 0 atom stereocenters. The Labute approximate surface area is 96.2 Å². The van der Waals surface area contributed by atoms with Gasteiger partial charge in [-0.3, -0.25) is 9.78 Å². The second-order valence-corrected chi connectivity index (χ2v) is 3.71. The van der Waals surface area contributed by atoms with Crippen LogP contribution in [-0.4, -0.2) is 15.3 Å². The smallest absolute Gasteiger partial charge is 0.281 e. The molecule has 0 saturated heterocycles. The van der Waals surface area contributed by atoms with Crippen molar-refractivity contribution in [1.29, 1.82) is 0 Å². The molecule has 1 heterocycles. The Kier molecular flexibility index (Phi) is 3.59. The molecule has 76 valence electrons. The van der Waals surface area contributed by atoms with Crippen molar-refractivity contribution in [3.63, 3.8) is 0 Å². The van der Waals surface area contributed by atoms with E-state index in [2.05, 4.69) is 4.98 Å². The van der Waals surface area contributed by atoms with E-state index >= 15 is 0 Å². The molecule has 0 radical (unpaired) electrons. The summed E-state index contributed by atoms with van der Waals surface area (Å²) in [4.78, 5) is 14.1. The van der Waals surface area contributed by atoms with E-state index in [1.54, 1.807) is 22.6 Å². The van der Waals surface area contributed by atoms with Crippen molar-refractivity contribution in [2.24, 2.45) is 0 Å². The summed E-state index contributed by atoms with van der Waals surface area (Å²) >= 11 is 6.65. The molecule has 0 aliphatic heterocycles. The van der Waals surface area contributed by atoms with Gasteiger partial charge in [-0.2, -0.15) is 0 Å². The van der Waals surface area contributed by atoms with E-state index in [4.69, 9.17) is 16.7 Å². The first kappa shape index (κ1) is 11.6. The highest BCUT2D eigenvalue weighted by molar-refractivity contribution is 14.1. The van der Waals surface area contributed by atoms with Crippen LogP contribution in [0.1, 0.15) is 22.5 Å². The third-order valence-electron chi connectivity index (χ3n) is 1.43. The lowest BCUT2D eigenvalue weighted by atomic mass is 10.2. The fourth-order valence-corrected chi connectivity index (χ4v) is 1.86. The first-order valence-electron chi connectivity index (χ1n) is 3.30. The van der Waals surface area contributed by atoms with Gasteiger partial charge in [-0.05, 0) is 34.2 Å². The molecule has 1 aromatic rings. The zero-order valence-electron chi connectivity index (χ0n) is 6.47. The van der Waals surface area contributed by atoms with Crippen molar-refractivity contribution in [2.45, 2.75) is 6.43 Å². The lowest BCUT2D eigenvalue weighted by Gasteiger charge is -2.06.